The lowest BCUT2D eigenvalue weighted by atomic mass is 10.1. The van der Waals surface area contributed by atoms with Crippen LogP contribution in [-0.4, -0.2) is 4.98 Å². The van der Waals surface area contributed by atoms with Gasteiger partial charge in [-0.2, -0.15) is 0 Å². The van der Waals surface area contributed by atoms with Crippen molar-refractivity contribution in [3.8, 4) is 11.3 Å². The summed E-state index contributed by atoms with van der Waals surface area (Å²) in [7, 11) is 0. The molecule has 0 radical (unpaired) electrons. The zero-order chi connectivity index (χ0) is 10.8. The SMILES string of the molecule is Cc1ccc(Br)c(-c2ocnc2CCl)c1. The van der Waals surface area contributed by atoms with Gasteiger partial charge in [-0.25, -0.2) is 4.98 Å². The average molecular weight is 287 g/mol. The normalized spacial score (nSPS) is 10.6. The summed E-state index contributed by atoms with van der Waals surface area (Å²) in [5, 5.41) is 0. The molecule has 0 atom stereocenters. The first-order valence-corrected chi connectivity index (χ1v) is 5.80. The van der Waals surface area contributed by atoms with Gasteiger partial charge in [-0.15, -0.1) is 11.6 Å². The van der Waals surface area contributed by atoms with Crippen molar-refractivity contribution in [1.29, 1.82) is 0 Å². The maximum atomic E-state index is 5.78. The molecule has 0 aliphatic heterocycles. The first-order chi connectivity index (χ1) is 7.22. The lowest BCUT2D eigenvalue weighted by molar-refractivity contribution is 0.571. The highest BCUT2D eigenvalue weighted by atomic mass is 79.9. The van der Waals surface area contributed by atoms with Crippen LogP contribution in [0.1, 0.15) is 11.3 Å². The second-order valence-corrected chi connectivity index (χ2v) is 4.37. The molecule has 78 valence electrons. The predicted octanol–water partition coefficient (Wildman–Crippen LogP) is 4.15. The number of hydrogen-bond acceptors (Lipinski definition) is 2. The van der Waals surface area contributed by atoms with E-state index in [0.29, 0.717) is 5.88 Å². The maximum Gasteiger partial charge on any atom is 0.181 e. The molecule has 1 aromatic carbocycles. The first-order valence-electron chi connectivity index (χ1n) is 4.47. The third kappa shape index (κ3) is 2.08. The summed E-state index contributed by atoms with van der Waals surface area (Å²) in [4.78, 5) is 4.06. The Balaban J connectivity index is 2.58. The van der Waals surface area contributed by atoms with E-state index in [1.807, 2.05) is 25.1 Å². The van der Waals surface area contributed by atoms with Gasteiger partial charge in [-0.05, 0) is 19.1 Å². The second-order valence-electron chi connectivity index (χ2n) is 3.25. The molecule has 0 fully saturated rings. The molecule has 1 aromatic heterocycles. The van der Waals surface area contributed by atoms with Crippen molar-refractivity contribution in [2.24, 2.45) is 0 Å². The van der Waals surface area contributed by atoms with E-state index in [9.17, 15) is 0 Å². The molecule has 0 saturated heterocycles. The molecule has 2 nitrogen and oxygen atoms in total. The van der Waals surface area contributed by atoms with Crippen LogP contribution in [0.25, 0.3) is 11.3 Å². The van der Waals surface area contributed by atoms with Crippen LogP contribution in [0.2, 0.25) is 0 Å². The lowest BCUT2D eigenvalue weighted by Crippen LogP contribution is -1.85. The van der Waals surface area contributed by atoms with E-state index in [1.165, 1.54) is 12.0 Å². The summed E-state index contributed by atoms with van der Waals surface area (Å²) in [6.45, 7) is 2.03. The molecule has 0 aliphatic rings. The highest BCUT2D eigenvalue weighted by molar-refractivity contribution is 9.10. The van der Waals surface area contributed by atoms with Gasteiger partial charge in [0.05, 0.1) is 5.88 Å². The van der Waals surface area contributed by atoms with Gasteiger partial charge in [0.15, 0.2) is 12.2 Å². The molecular weight excluding hydrogens is 277 g/mol. The zero-order valence-corrected chi connectivity index (χ0v) is 10.5. The molecule has 4 heteroatoms. The Bertz CT molecular complexity index is 481. The summed E-state index contributed by atoms with van der Waals surface area (Å²) in [5.41, 5.74) is 2.93. The van der Waals surface area contributed by atoms with Gasteiger partial charge in [0.2, 0.25) is 0 Å². The monoisotopic (exact) mass is 285 g/mol. The van der Waals surface area contributed by atoms with Crippen LogP contribution in [0.5, 0.6) is 0 Å². The van der Waals surface area contributed by atoms with Crippen molar-refractivity contribution < 1.29 is 4.42 Å². The predicted molar refractivity (Wildman–Crippen MR) is 63.9 cm³/mol. The number of nitrogens with zero attached hydrogens (tertiary/aromatic N) is 1. The van der Waals surface area contributed by atoms with E-state index >= 15 is 0 Å². The Morgan fingerprint density at radius 3 is 3.00 bits per heavy atom. The highest BCUT2D eigenvalue weighted by Gasteiger charge is 2.12. The van der Waals surface area contributed by atoms with E-state index in [-0.39, 0.29) is 0 Å². The number of rotatable bonds is 2. The zero-order valence-electron chi connectivity index (χ0n) is 8.13. The third-order valence-electron chi connectivity index (χ3n) is 2.13. The minimum atomic E-state index is 0.353. The van der Waals surface area contributed by atoms with Crippen molar-refractivity contribution >= 4 is 27.5 Å². The van der Waals surface area contributed by atoms with Gasteiger partial charge in [-0.1, -0.05) is 27.6 Å². The Hall–Kier alpha value is -0.800. The van der Waals surface area contributed by atoms with Gasteiger partial charge < -0.3 is 4.42 Å². The van der Waals surface area contributed by atoms with Crippen LogP contribution in [0.3, 0.4) is 0 Å². The highest BCUT2D eigenvalue weighted by Crippen LogP contribution is 2.31. The number of aryl methyl sites for hydroxylation is 1. The molecule has 0 aliphatic carbocycles. The van der Waals surface area contributed by atoms with E-state index in [2.05, 4.69) is 20.9 Å². The maximum absolute atomic E-state index is 5.78. The molecule has 0 bridgehead atoms. The largest absolute Gasteiger partial charge is 0.443 e. The molecule has 0 amide bonds. The summed E-state index contributed by atoms with van der Waals surface area (Å²) >= 11 is 9.26. The van der Waals surface area contributed by atoms with Crippen molar-refractivity contribution in [2.45, 2.75) is 12.8 Å². The number of aromatic nitrogens is 1. The summed E-state index contributed by atoms with van der Waals surface area (Å²) in [6.07, 6.45) is 1.42. The molecular formula is C11H9BrClNO. The van der Waals surface area contributed by atoms with E-state index in [4.69, 9.17) is 16.0 Å². The molecule has 0 saturated carbocycles. The topological polar surface area (TPSA) is 26.0 Å². The number of alkyl halides is 1. The van der Waals surface area contributed by atoms with Gasteiger partial charge in [0.25, 0.3) is 0 Å². The molecule has 2 rings (SSSR count). The lowest BCUT2D eigenvalue weighted by Gasteiger charge is -2.03. The van der Waals surface area contributed by atoms with Gasteiger partial charge in [-0.3, -0.25) is 0 Å². The van der Waals surface area contributed by atoms with Crippen LogP contribution in [0.15, 0.2) is 33.5 Å². The fraction of sp³-hybridized carbons (Fsp3) is 0.182. The van der Waals surface area contributed by atoms with Crippen molar-refractivity contribution in [3.63, 3.8) is 0 Å². The average Bonchev–Trinajstić information content (AvgIpc) is 2.69. The standard InChI is InChI=1S/C11H9BrClNO/c1-7-2-3-9(12)8(4-7)11-10(5-13)14-6-15-11/h2-4,6H,5H2,1H3. The fourth-order valence-electron chi connectivity index (χ4n) is 1.40. The molecule has 1 heterocycles. The van der Waals surface area contributed by atoms with Crippen LogP contribution in [0.4, 0.5) is 0 Å². The van der Waals surface area contributed by atoms with Crippen LogP contribution >= 0.6 is 27.5 Å². The molecule has 0 unspecified atom stereocenters. The van der Waals surface area contributed by atoms with Gasteiger partial charge >= 0.3 is 0 Å². The molecule has 15 heavy (non-hydrogen) atoms. The van der Waals surface area contributed by atoms with Crippen LogP contribution in [-0.2, 0) is 5.88 Å². The van der Waals surface area contributed by atoms with E-state index in [0.717, 1.165) is 21.5 Å². The minimum absolute atomic E-state index is 0.353. The van der Waals surface area contributed by atoms with Crippen molar-refractivity contribution in [1.82, 2.24) is 4.98 Å². The summed E-state index contributed by atoms with van der Waals surface area (Å²) in [5.74, 6) is 1.09. The number of benzene rings is 1. The Kier molecular flexibility index (Phi) is 3.12. The number of oxazole rings is 1. The van der Waals surface area contributed by atoms with Crippen LogP contribution < -0.4 is 0 Å². The summed E-state index contributed by atoms with van der Waals surface area (Å²) < 4.78 is 6.33. The van der Waals surface area contributed by atoms with Crippen LogP contribution in [0, 0.1) is 6.92 Å². The first kappa shape index (κ1) is 10.7. The summed E-state index contributed by atoms with van der Waals surface area (Å²) in [6, 6.07) is 6.07. The fourth-order valence-corrected chi connectivity index (χ4v) is 2.01. The second kappa shape index (κ2) is 4.37. The Morgan fingerprint density at radius 2 is 2.27 bits per heavy atom. The minimum Gasteiger partial charge on any atom is -0.443 e. The number of hydrogen-bond donors (Lipinski definition) is 0. The molecule has 0 N–H and O–H groups in total. The third-order valence-corrected chi connectivity index (χ3v) is 3.08. The van der Waals surface area contributed by atoms with E-state index < -0.39 is 0 Å². The van der Waals surface area contributed by atoms with Gasteiger partial charge in [0.1, 0.15) is 5.69 Å². The van der Waals surface area contributed by atoms with E-state index in [1.54, 1.807) is 0 Å². The van der Waals surface area contributed by atoms with Gasteiger partial charge in [0, 0.05) is 10.0 Å². The molecule has 2 aromatic rings. The number of halogens is 2. The Labute approximate surface area is 101 Å². The smallest absolute Gasteiger partial charge is 0.181 e. The molecule has 0 spiro atoms. The van der Waals surface area contributed by atoms with Crippen molar-refractivity contribution in [3.05, 3.63) is 40.3 Å². The Morgan fingerprint density at radius 1 is 1.47 bits per heavy atom. The quantitative estimate of drug-likeness (QED) is 0.775. The van der Waals surface area contributed by atoms with Crippen molar-refractivity contribution in [2.75, 3.05) is 0 Å².